The molecular weight excluding hydrogens is 266 g/mol. The summed E-state index contributed by atoms with van der Waals surface area (Å²) in [5, 5.41) is 4.55. The van der Waals surface area contributed by atoms with E-state index in [2.05, 4.69) is 32.8 Å². The molecule has 1 heterocycles. The van der Waals surface area contributed by atoms with Crippen molar-refractivity contribution in [3.63, 3.8) is 0 Å². The maximum atomic E-state index is 12.4. The number of nitrogens with two attached hydrogens (primary N) is 1. The zero-order valence-electron chi connectivity index (χ0n) is 13.9. The summed E-state index contributed by atoms with van der Waals surface area (Å²) in [6.45, 7) is 10.8. The van der Waals surface area contributed by atoms with E-state index in [9.17, 15) is 4.79 Å². The summed E-state index contributed by atoms with van der Waals surface area (Å²) in [6, 6.07) is 2.27. The van der Waals surface area contributed by atoms with Gasteiger partial charge in [-0.15, -0.1) is 0 Å². The fourth-order valence-corrected chi connectivity index (χ4v) is 2.64. The highest BCUT2D eigenvalue weighted by Gasteiger charge is 2.40. The standard InChI is InChI=1S/C16H29N3O2/c1-6-21-15(20)16(11-17,9-12(2)3)10-14-7-8-19(18-14)13(4)5/h7-8,12-13H,6,9-11,17H2,1-5H3. The van der Waals surface area contributed by atoms with E-state index in [4.69, 9.17) is 10.5 Å². The summed E-state index contributed by atoms with van der Waals surface area (Å²) < 4.78 is 7.17. The summed E-state index contributed by atoms with van der Waals surface area (Å²) in [7, 11) is 0. The molecule has 0 saturated heterocycles. The lowest BCUT2D eigenvalue weighted by Gasteiger charge is -2.31. The van der Waals surface area contributed by atoms with Gasteiger partial charge in [0.2, 0.25) is 0 Å². The minimum Gasteiger partial charge on any atom is -0.466 e. The quantitative estimate of drug-likeness (QED) is 0.748. The molecule has 0 aliphatic rings. The van der Waals surface area contributed by atoms with Crippen LogP contribution in [0.4, 0.5) is 0 Å². The van der Waals surface area contributed by atoms with Gasteiger partial charge in [-0.25, -0.2) is 0 Å². The Bertz CT molecular complexity index is 454. The Kier molecular flexibility index (Phi) is 6.40. The lowest BCUT2D eigenvalue weighted by molar-refractivity contribution is -0.156. The van der Waals surface area contributed by atoms with Crippen LogP contribution in [0.2, 0.25) is 0 Å². The van der Waals surface area contributed by atoms with Crippen LogP contribution in [-0.2, 0) is 16.0 Å². The van der Waals surface area contributed by atoms with Crippen LogP contribution >= 0.6 is 0 Å². The molecule has 0 fully saturated rings. The Morgan fingerprint density at radius 3 is 2.52 bits per heavy atom. The predicted molar refractivity (Wildman–Crippen MR) is 83.9 cm³/mol. The van der Waals surface area contributed by atoms with Crippen LogP contribution in [0.5, 0.6) is 0 Å². The normalized spacial score (nSPS) is 14.5. The van der Waals surface area contributed by atoms with E-state index in [-0.39, 0.29) is 12.5 Å². The number of carbonyl (C=O) groups excluding carboxylic acids is 1. The lowest BCUT2D eigenvalue weighted by Crippen LogP contribution is -2.43. The molecule has 5 nitrogen and oxygen atoms in total. The number of nitrogens with zero attached hydrogens (tertiary/aromatic N) is 2. The molecule has 1 rings (SSSR count). The number of carbonyl (C=O) groups is 1. The average molecular weight is 295 g/mol. The van der Waals surface area contributed by atoms with Crippen LogP contribution < -0.4 is 5.73 Å². The molecular formula is C16H29N3O2. The van der Waals surface area contributed by atoms with Gasteiger partial charge in [-0.05, 0) is 39.2 Å². The Hall–Kier alpha value is -1.36. The van der Waals surface area contributed by atoms with E-state index in [1.54, 1.807) is 0 Å². The summed E-state index contributed by atoms with van der Waals surface area (Å²) in [5.41, 5.74) is 6.18. The van der Waals surface area contributed by atoms with Gasteiger partial charge < -0.3 is 10.5 Å². The highest BCUT2D eigenvalue weighted by atomic mass is 16.5. The van der Waals surface area contributed by atoms with E-state index in [1.165, 1.54) is 0 Å². The van der Waals surface area contributed by atoms with Crippen molar-refractivity contribution < 1.29 is 9.53 Å². The molecule has 0 amide bonds. The van der Waals surface area contributed by atoms with Gasteiger partial charge in [0.15, 0.2) is 0 Å². The van der Waals surface area contributed by atoms with Crippen LogP contribution in [-0.4, -0.2) is 28.9 Å². The molecule has 0 aliphatic carbocycles. The number of hydrogen-bond acceptors (Lipinski definition) is 4. The maximum Gasteiger partial charge on any atom is 0.313 e. The van der Waals surface area contributed by atoms with E-state index >= 15 is 0 Å². The van der Waals surface area contributed by atoms with Gasteiger partial charge in [0.25, 0.3) is 0 Å². The van der Waals surface area contributed by atoms with Crippen LogP contribution in [0.15, 0.2) is 12.3 Å². The Morgan fingerprint density at radius 1 is 1.43 bits per heavy atom. The third-order valence-electron chi connectivity index (χ3n) is 3.61. The fourth-order valence-electron chi connectivity index (χ4n) is 2.64. The number of aromatic nitrogens is 2. The van der Waals surface area contributed by atoms with Gasteiger partial charge in [-0.3, -0.25) is 9.48 Å². The summed E-state index contributed by atoms with van der Waals surface area (Å²) in [4.78, 5) is 12.4. The molecule has 2 N–H and O–H groups in total. The molecule has 5 heteroatoms. The van der Waals surface area contributed by atoms with Crippen molar-refractivity contribution in [3.05, 3.63) is 18.0 Å². The molecule has 21 heavy (non-hydrogen) atoms. The number of esters is 1. The number of ether oxygens (including phenoxy) is 1. The number of rotatable bonds is 8. The first-order valence-electron chi connectivity index (χ1n) is 7.76. The van der Waals surface area contributed by atoms with Gasteiger partial charge in [0.05, 0.1) is 17.7 Å². The van der Waals surface area contributed by atoms with Crippen molar-refractivity contribution in [1.29, 1.82) is 0 Å². The SMILES string of the molecule is CCOC(=O)C(CN)(Cc1ccn(C(C)C)n1)CC(C)C. The van der Waals surface area contributed by atoms with E-state index in [0.29, 0.717) is 31.4 Å². The van der Waals surface area contributed by atoms with Crippen molar-refractivity contribution in [2.45, 2.75) is 53.5 Å². The van der Waals surface area contributed by atoms with Crippen molar-refractivity contribution in [1.82, 2.24) is 9.78 Å². The largest absolute Gasteiger partial charge is 0.466 e. The van der Waals surface area contributed by atoms with Gasteiger partial charge in [-0.1, -0.05) is 13.8 Å². The van der Waals surface area contributed by atoms with Crippen molar-refractivity contribution in [3.8, 4) is 0 Å². The summed E-state index contributed by atoms with van der Waals surface area (Å²) in [5.74, 6) is 0.158. The second-order valence-corrected chi connectivity index (χ2v) is 6.36. The molecule has 1 aromatic rings. The first-order chi connectivity index (χ1) is 9.84. The van der Waals surface area contributed by atoms with E-state index in [0.717, 1.165) is 5.69 Å². The molecule has 0 saturated carbocycles. The van der Waals surface area contributed by atoms with E-state index in [1.807, 2.05) is 23.9 Å². The monoisotopic (exact) mass is 295 g/mol. The van der Waals surface area contributed by atoms with Crippen LogP contribution in [0.1, 0.15) is 52.8 Å². The average Bonchev–Trinajstić information content (AvgIpc) is 2.86. The summed E-state index contributed by atoms with van der Waals surface area (Å²) >= 11 is 0. The molecule has 0 bridgehead atoms. The minimum atomic E-state index is -0.680. The second kappa shape index (κ2) is 7.59. The fraction of sp³-hybridized carbons (Fsp3) is 0.750. The first kappa shape index (κ1) is 17.7. The third-order valence-corrected chi connectivity index (χ3v) is 3.61. The second-order valence-electron chi connectivity index (χ2n) is 6.36. The van der Waals surface area contributed by atoms with Gasteiger partial charge in [0.1, 0.15) is 0 Å². The molecule has 1 atom stereocenters. The molecule has 0 aliphatic heterocycles. The van der Waals surface area contributed by atoms with Gasteiger partial charge in [0, 0.05) is 25.2 Å². The van der Waals surface area contributed by atoms with Crippen molar-refractivity contribution in [2.75, 3.05) is 13.2 Å². The van der Waals surface area contributed by atoms with Gasteiger partial charge in [-0.2, -0.15) is 5.10 Å². The van der Waals surface area contributed by atoms with Crippen molar-refractivity contribution in [2.24, 2.45) is 17.1 Å². The van der Waals surface area contributed by atoms with E-state index < -0.39 is 5.41 Å². The van der Waals surface area contributed by atoms with Crippen LogP contribution in [0.3, 0.4) is 0 Å². The Balaban J connectivity index is 3.01. The van der Waals surface area contributed by atoms with Crippen LogP contribution in [0, 0.1) is 11.3 Å². The zero-order valence-corrected chi connectivity index (χ0v) is 13.9. The molecule has 1 aromatic heterocycles. The predicted octanol–water partition coefficient (Wildman–Crippen LogP) is 2.56. The molecule has 120 valence electrons. The van der Waals surface area contributed by atoms with Crippen molar-refractivity contribution >= 4 is 5.97 Å². The van der Waals surface area contributed by atoms with Gasteiger partial charge >= 0.3 is 5.97 Å². The van der Waals surface area contributed by atoms with Crippen LogP contribution in [0.25, 0.3) is 0 Å². The first-order valence-corrected chi connectivity index (χ1v) is 7.76. The summed E-state index contributed by atoms with van der Waals surface area (Å²) in [6.07, 6.45) is 3.18. The smallest absolute Gasteiger partial charge is 0.313 e. The Morgan fingerprint density at radius 2 is 2.10 bits per heavy atom. The minimum absolute atomic E-state index is 0.208. The highest BCUT2D eigenvalue weighted by Crippen LogP contribution is 2.31. The molecule has 0 aromatic carbocycles. The maximum absolute atomic E-state index is 12.4. The zero-order chi connectivity index (χ0) is 16.0. The Labute approximate surface area is 127 Å². The molecule has 1 unspecified atom stereocenters. The number of hydrogen-bond donors (Lipinski definition) is 1. The lowest BCUT2D eigenvalue weighted by atomic mass is 9.76. The third kappa shape index (κ3) is 4.56. The molecule has 0 radical (unpaired) electrons. The highest BCUT2D eigenvalue weighted by molar-refractivity contribution is 5.77. The molecule has 0 spiro atoms. The topological polar surface area (TPSA) is 70.1 Å².